The summed E-state index contributed by atoms with van der Waals surface area (Å²) in [4.78, 5) is 0. The Hall–Kier alpha value is -1.03. The van der Waals surface area contributed by atoms with Gasteiger partial charge < -0.3 is 5.73 Å². The molecule has 1 heterocycles. The van der Waals surface area contributed by atoms with E-state index in [1.165, 1.54) is 0 Å². The fourth-order valence-electron chi connectivity index (χ4n) is 1.69. The van der Waals surface area contributed by atoms with Crippen LogP contribution in [0.3, 0.4) is 0 Å². The molecule has 0 fully saturated rings. The van der Waals surface area contributed by atoms with Crippen molar-refractivity contribution in [2.24, 2.45) is 5.73 Å². The van der Waals surface area contributed by atoms with Gasteiger partial charge in [0.25, 0.3) is 0 Å². The zero-order chi connectivity index (χ0) is 12.4. The molecule has 2 aromatic rings. The van der Waals surface area contributed by atoms with Crippen LogP contribution < -0.4 is 5.73 Å². The molecule has 1 aromatic carbocycles. The Morgan fingerprint density at radius 1 is 1.35 bits per heavy atom. The summed E-state index contributed by atoms with van der Waals surface area (Å²) in [5.41, 5.74) is 7.81. The monoisotopic (exact) mass is 269 g/mol. The van der Waals surface area contributed by atoms with Crippen LogP contribution in [0, 0.1) is 0 Å². The van der Waals surface area contributed by atoms with E-state index in [0.717, 1.165) is 17.7 Å². The van der Waals surface area contributed by atoms with Crippen LogP contribution in [0.1, 0.15) is 24.1 Å². The molecule has 1 aromatic heterocycles. The Bertz CT molecular complexity index is 502. The normalized spacial score (nSPS) is 12.7. The highest BCUT2D eigenvalue weighted by Crippen LogP contribution is 2.32. The van der Waals surface area contributed by atoms with Crippen LogP contribution in [0.4, 0.5) is 0 Å². The van der Waals surface area contributed by atoms with E-state index < -0.39 is 0 Å². The van der Waals surface area contributed by atoms with Crippen molar-refractivity contribution in [3.63, 3.8) is 0 Å². The van der Waals surface area contributed by atoms with Crippen molar-refractivity contribution in [3.8, 4) is 0 Å². The molecular formula is C12H13Cl2N3. The second-order valence-electron chi connectivity index (χ2n) is 3.74. The van der Waals surface area contributed by atoms with Crippen LogP contribution in [-0.4, -0.2) is 9.78 Å². The molecule has 0 aliphatic carbocycles. The Morgan fingerprint density at radius 2 is 2.00 bits per heavy atom. The molecule has 0 bridgehead atoms. The number of halogens is 2. The fraction of sp³-hybridized carbons (Fsp3) is 0.250. The molecule has 17 heavy (non-hydrogen) atoms. The summed E-state index contributed by atoms with van der Waals surface area (Å²) in [6.07, 6.45) is 3.65. The Labute approximate surface area is 110 Å². The standard InChI is InChI=1S/C12H13Cl2N3/c1-2-17-7-8(6-16-17)12(15)11-9(13)4-3-5-10(11)14/h3-7,12H,2,15H2,1H3. The third-order valence-electron chi connectivity index (χ3n) is 2.65. The van der Waals surface area contributed by atoms with E-state index in [1.807, 2.05) is 17.8 Å². The van der Waals surface area contributed by atoms with Gasteiger partial charge in [-0.1, -0.05) is 29.3 Å². The maximum absolute atomic E-state index is 6.16. The SMILES string of the molecule is CCn1cc(C(N)c2c(Cl)cccc2Cl)cn1. The number of benzene rings is 1. The summed E-state index contributed by atoms with van der Waals surface area (Å²) in [6.45, 7) is 2.83. The topological polar surface area (TPSA) is 43.8 Å². The Morgan fingerprint density at radius 3 is 2.53 bits per heavy atom. The minimum Gasteiger partial charge on any atom is -0.320 e. The lowest BCUT2D eigenvalue weighted by Crippen LogP contribution is -2.12. The minimum absolute atomic E-state index is 0.350. The summed E-state index contributed by atoms with van der Waals surface area (Å²) in [5, 5.41) is 5.35. The van der Waals surface area contributed by atoms with Gasteiger partial charge in [-0.3, -0.25) is 4.68 Å². The number of hydrogen-bond donors (Lipinski definition) is 1. The van der Waals surface area contributed by atoms with Gasteiger partial charge in [0.15, 0.2) is 0 Å². The highest BCUT2D eigenvalue weighted by molar-refractivity contribution is 6.36. The van der Waals surface area contributed by atoms with Crippen LogP contribution in [0.15, 0.2) is 30.6 Å². The number of aromatic nitrogens is 2. The van der Waals surface area contributed by atoms with E-state index in [4.69, 9.17) is 28.9 Å². The van der Waals surface area contributed by atoms with Gasteiger partial charge in [-0.05, 0) is 19.1 Å². The first-order chi connectivity index (χ1) is 8.13. The second-order valence-corrected chi connectivity index (χ2v) is 4.56. The molecule has 0 saturated heterocycles. The lowest BCUT2D eigenvalue weighted by atomic mass is 10.0. The van der Waals surface area contributed by atoms with Crippen LogP contribution in [0.2, 0.25) is 10.0 Å². The third kappa shape index (κ3) is 2.46. The highest BCUT2D eigenvalue weighted by Gasteiger charge is 2.17. The fourth-order valence-corrected chi connectivity index (χ4v) is 2.32. The van der Waals surface area contributed by atoms with E-state index >= 15 is 0 Å². The maximum atomic E-state index is 6.16. The predicted molar refractivity (Wildman–Crippen MR) is 70.4 cm³/mol. The van der Waals surface area contributed by atoms with E-state index in [0.29, 0.717) is 10.0 Å². The molecule has 0 spiro atoms. The maximum Gasteiger partial charge on any atom is 0.0612 e. The first-order valence-corrected chi connectivity index (χ1v) is 6.11. The van der Waals surface area contributed by atoms with Crippen molar-refractivity contribution in [1.82, 2.24) is 9.78 Å². The van der Waals surface area contributed by atoms with Crippen LogP contribution in [-0.2, 0) is 6.54 Å². The van der Waals surface area contributed by atoms with Gasteiger partial charge in [-0.2, -0.15) is 5.10 Å². The van der Waals surface area contributed by atoms with Gasteiger partial charge in [-0.25, -0.2) is 0 Å². The Kier molecular flexibility index (Phi) is 3.72. The lowest BCUT2D eigenvalue weighted by Gasteiger charge is -2.13. The van der Waals surface area contributed by atoms with E-state index in [9.17, 15) is 0 Å². The molecule has 0 aliphatic rings. The van der Waals surface area contributed by atoms with Crippen LogP contribution >= 0.6 is 23.2 Å². The van der Waals surface area contributed by atoms with Gasteiger partial charge in [0.05, 0.1) is 12.2 Å². The number of hydrogen-bond acceptors (Lipinski definition) is 2. The second kappa shape index (κ2) is 5.08. The van der Waals surface area contributed by atoms with Crippen molar-refractivity contribution < 1.29 is 0 Å². The number of nitrogens with zero attached hydrogens (tertiary/aromatic N) is 2. The van der Waals surface area contributed by atoms with Crippen molar-refractivity contribution >= 4 is 23.2 Å². The molecule has 1 atom stereocenters. The van der Waals surface area contributed by atoms with Crippen molar-refractivity contribution in [3.05, 3.63) is 51.8 Å². The average Bonchev–Trinajstić information content (AvgIpc) is 2.77. The van der Waals surface area contributed by atoms with Crippen LogP contribution in [0.5, 0.6) is 0 Å². The molecule has 90 valence electrons. The number of nitrogens with two attached hydrogens (primary N) is 1. The predicted octanol–water partition coefficient (Wildman–Crippen LogP) is 3.26. The van der Waals surface area contributed by atoms with Crippen molar-refractivity contribution in [1.29, 1.82) is 0 Å². The largest absolute Gasteiger partial charge is 0.320 e. The summed E-state index contributed by atoms with van der Waals surface area (Å²) < 4.78 is 1.82. The Balaban J connectivity index is 2.39. The highest BCUT2D eigenvalue weighted by atomic mass is 35.5. The summed E-state index contributed by atoms with van der Waals surface area (Å²) in [5.74, 6) is 0. The zero-order valence-corrected chi connectivity index (χ0v) is 10.9. The lowest BCUT2D eigenvalue weighted by molar-refractivity contribution is 0.658. The zero-order valence-electron chi connectivity index (χ0n) is 9.40. The summed E-state index contributed by atoms with van der Waals surface area (Å²) >= 11 is 12.2. The first kappa shape index (κ1) is 12.4. The molecule has 0 amide bonds. The third-order valence-corrected chi connectivity index (χ3v) is 3.31. The molecule has 3 nitrogen and oxygen atoms in total. The number of rotatable bonds is 3. The molecule has 0 saturated carbocycles. The van der Waals surface area contributed by atoms with E-state index in [1.54, 1.807) is 24.4 Å². The molecule has 5 heteroatoms. The summed E-state index contributed by atoms with van der Waals surface area (Å²) in [7, 11) is 0. The summed E-state index contributed by atoms with van der Waals surface area (Å²) in [6, 6.07) is 5.02. The first-order valence-electron chi connectivity index (χ1n) is 5.35. The van der Waals surface area contributed by atoms with Gasteiger partial charge in [0, 0.05) is 33.9 Å². The van der Waals surface area contributed by atoms with Gasteiger partial charge >= 0.3 is 0 Å². The molecule has 2 rings (SSSR count). The molecule has 2 N–H and O–H groups in total. The molecule has 1 unspecified atom stereocenters. The van der Waals surface area contributed by atoms with Crippen LogP contribution in [0.25, 0.3) is 0 Å². The average molecular weight is 270 g/mol. The van der Waals surface area contributed by atoms with Gasteiger partial charge in [0.2, 0.25) is 0 Å². The van der Waals surface area contributed by atoms with Crippen molar-refractivity contribution in [2.45, 2.75) is 19.5 Å². The van der Waals surface area contributed by atoms with E-state index in [-0.39, 0.29) is 6.04 Å². The minimum atomic E-state index is -0.350. The smallest absolute Gasteiger partial charge is 0.0612 e. The van der Waals surface area contributed by atoms with E-state index in [2.05, 4.69) is 5.10 Å². The van der Waals surface area contributed by atoms with Gasteiger partial charge in [-0.15, -0.1) is 0 Å². The number of aryl methyl sites for hydroxylation is 1. The quantitative estimate of drug-likeness (QED) is 0.930. The molecular weight excluding hydrogens is 257 g/mol. The van der Waals surface area contributed by atoms with Gasteiger partial charge in [0.1, 0.15) is 0 Å². The van der Waals surface area contributed by atoms with Crippen molar-refractivity contribution in [2.75, 3.05) is 0 Å². The molecule has 0 radical (unpaired) electrons. The molecule has 0 aliphatic heterocycles.